The first-order valence-corrected chi connectivity index (χ1v) is 9.56. The number of rotatable bonds is 6. The third kappa shape index (κ3) is 3.32. The van der Waals surface area contributed by atoms with Crippen LogP contribution >= 0.6 is 0 Å². The maximum atomic E-state index is 12.7. The molecule has 128 valence electrons. The average Bonchev–Trinajstić information content (AvgIpc) is 3.37. The van der Waals surface area contributed by atoms with Crippen molar-refractivity contribution in [3.63, 3.8) is 0 Å². The summed E-state index contributed by atoms with van der Waals surface area (Å²) in [7, 11) is -1.86. The van der Waals surface area contributed by atoms with E-state index in [0.29, 0.717) is 11.4 Å². The highest BCUT2D eigenvalue weighted by molar-refractivity contribution is 7.89. The summed E-state index contributed by atoms with van der Waals surface area (Å²) in [5.74, 6) is 0.811. The second-order valence-electron chi connectivity index (χ2n) is 6.60. The third-order valence-corrected chi connectivity index (χ3v) is 6.33. The molecule has 0 unspecified atom stereocenters. The van der Waals surface area contributed by atoms with Gasteiger partial charge < -0.3 is 4.74 Å². The van der Waals surface area contributed by atoms with Crippen molar-refractivity contribution in [3.8, 4) is 5.75 Å². The zero-order chi connectivity index (χ0) is 17.4. The van der Waals surface area contributed by atoms with E-state index in [0.717, 1.165) is 35.3 Å². The molecule has 2 aromatic carbocycles. The molecule has 0 spiro atoms. The van der Waals surface area contributed by atoms with E-state index in [-0.39, 0.29) is 5.41 Å². The molecular weight excluding hydrogens is 322 g/mol. The van der Waals surface area contributed by atoms with E-state index in [4.69, 9.17) is 4.74 Å². The van der Waals surface area contributed by atoms with Crippen LogP contribution in [0.5, 0.6) is 5.75 Å². The van der Waals surface area contributed by atoms with Crippen molar-refractivity contribution in [3.05, 3.63) is 59.2 Å². The van der Waals surface area contributed by atoms with Gasteiger partial charge in [0.2, 0.25) is 10.0 Å². The molecule has 1 aliphatic rings. The molecule has 1 saturated carbocycles. The number of aryl methyl sites for hydroxylation is 2. The highest BCUT2D eigenvalue weighted by Crippen LogP contribution is 2.48. The molecule has 0 bridgehead atoms. The Labute approximate surface area is 143 Å². The lowest BCUT2D eigenvalue weighted by Crippen LogP contribution is -2.32. The van der Waals surface area contributed by atoms with Crippen LogP contribution in [-0.2, 0) is 15.4 Å². The summed E-state index contributed by atoms with van der Waals surface area (Å²) in [4.78, 5) is 0.369. The van der Waals surface area contributed by atoms with Crippen molar-refractivity contribution in [1.82, 2.24) is 4.72 Å². The lowest BCUT2D eigenvalue weighted by molar-refractivity contribution is 0.414. The Bertz CT molecular complexity index is 837. The first-order valence-electron chi connectivity index (χ1n) is 8.08. The Morgan fingerprint density at radius 2 is 1.75 bits per heavy atom. The number of hydrogen-bond donors (Lipinski definition) is 1. The van der Waals surface area contributed by atoms with E-state index < -0.39 is 10.0 Å². The minimum Gasteiger partial charge on any atom is -0.497 e. The molecule has 5 heteroatoms. The fourth-order valence-electron chi connectivity index (χ4n) is 2.97. The van der Waals surface area contributed by atoms with Crippen LogP contribution < -0.4 is 9.46 Å². The van der Waals surface area contributed by atoms with E-state index in [1.54, 1.807) is 13.2 Å². The molecule has 3 rings (SSSR count). The van der Waals surface area contributed by atoms with Crippen LogP contribution in [0.1, 0.15) is 29.5 Å². The zero-order valence-electron chi connectivity index (χ0n) is 14.3. The lowest BCUT2D eigenvalue weighted by atomic mass is 9.96. The highest BCUT2D eigenvalue weighted by Gasteiger charge is 2.44. The van der Waals surface area contributed by atoms with E-state index in [1.807, 2.05) is 50.2 Å². The molecule has 0 amide bonds. The van der Waals surface area contributed by atoms with Gasteiger partial charge >= 0.3 is 0 Å². The topological polar surface area (TPSA) is 55.4 Å². The summed E-state index contributed by atoms with van der Waals surface area (Å²) in [6, 6.07) is 13.4. The smallest absolute Gasteiger partial charge is 0.240 e. The standard InChI is InChI=1S/C19H23NO3S/c1-14-4-5-15(2)18(12-14)24(21,22)20-13-19(10-11-19)16-6-8-17(23-3)9-7-16/h4-9,12,20H,10-11,13H2,1-3H3. The van der Waals surface area contributed by atoms with E-state index in [9.17, 15) is 8.42 Å². The Morgan fingerprint density at radius 3 is 2.33 bits per heavy atom. The van der Waals surface area contributed by atoms with Crippen molar-refractivity contribution < 1.29 is 13.2 Å². The van der Waals surface area contributed by atoms with Gasteiger partial charge in [0.15, 0.2) is 0 Å². The van der Waals surface area contributed by atoms with Gasteiger partial charge in [0, 0.05) is 12.0 Å². The second kappa shape index (κ2) is 6.22. The molecule has 0 atom stereocenters. The number of sulfonamides is 1. The van der Waals surface area contributed by atoms with Crippen LogP contribution in [0.3, 0.4) is 0 Å². The SMILES string of the molecule is COc1ccc(C2(CNS(=O)(=O)c3cc(C)ccc3C)CC2)cc1. The monoisotopic (exact) mass is 345 g/mol. The minimum absolute atomic E-state index is 0.0862. The highest BCUT2D eigenvalue weighted by atomic mass is 32.2. The first kappa shape index (κ1) is 17.0. The summed E-state index contributed by atoms with van der Waals surface area (Å²) >= 11 is 0. The van der Waals surface area contributed by atoms with Crippen molar-refractivity contribution in [2.24, 2.45) is 0 Å². The second-order valence-corrected chi connectivity index (χ2v) is 8.34. The molecular formula is C19H23NO3S. The van der Waals surface area contributed by atoms with Crippen LogP contribution in [-0.4, -0.2) is 22.1 Å². The molecule has 0 saturated heterocycles. The van der Waals surface area contributed by atoms with Crippen LogP contribution in [0.2, 0.25) is 0 Å². The van der Waals surface area contributed by atoms with Gasteiger partial charge in [-0.05, 0) is 61.6 Å². The molecule has 4 nitrogen and oxygen atoms in total. The van der Waals surface area contributed by atoms with Gasteiger partial charge in [0.05, 0.1) is 12.0 Å². The summed E-state index contributed by atoms with van der Waals surface area (Å²) in [6.45, 7) is 4.15. The summed E-state index contributed by atoms with van der Waals surface area (Å²) in [5.41, 5.74) is 2.78. The minimum atomic E-state index is -3.50. The van der Waals surface area contributed by atoms with Crippen LogP contribution in [0.4, 0.5) is 0 Å². The summed E-state index contributed by atoms with van der Waals surface area (Å²) in [5, 5.41) is 0. The molecule has 0 heterocycles. The Kier molecular flexibility index (Phi) is 4.40. The van der Waals surface area contributed by atoms with Gasteiger partial charge in [0.1, 0.15) is 5.75 Å². The van der Waals surface area contributed by atoms with Crippen LogP contribution in [0, 0.1) is 13.8 Å². The molecule has 0 aromatic heterocycles. The molecule has 0 aliphatic heterocycles. The molecule has 2 aromatic rings. The molecule has 1 fully saturated rings. The van der Waals surface area contributed by atoms with E-state index in [1.165, 1.54) is 0 Å². The third-order valence-electron chi connectivity index (χ3n) is 4.79. The molecule has 1 aliphatic carbocycles. The molecule has 1 N–H and O–H groups in total. The number of methoxy groups -OCH3 is 1. The van der Waals surface area contributed by atoms with Crippen LogP contribution in [0.25, 0.3) is 0 Å². The van der Waals surface area contributed by atoms with Gasteiger partial charge in [-0.25, -0.2) is 13.1 Å². The van der Waals surface area contributed by atoms with Gasteiger partial charge in [-0.1, -0.05) is 24.3 Å². The Balaban J connectivity index is 1.77. The van der Waals surface area contributed by atoms with Gasteiger partial charge in [-0.3, -0.25) is 0 Å². The number of benzene rings is 2. The number of hydrogen-bond acceptors (Lipinski definition) is 3. The van der Waals surface area contributed by atoms with Crippen molar-refractivity contribution in [1.29, 1.82) is 0 Å². The van der Waals surface area contributed by atoms with Crippen molar-refractivity contribution in [2.45, 2.75) is 37.0 Å². The fraction of sp³-hybridized carbons (Fsp3) is 0.368. The first-order chi connectivity index (χ1) is 11.4. The lowest BCUT2D eigenvalue weighted by Gasteiger charge is -2.18. The maximum Gasteiger partial charge on any atom is 0.240 e. The molecule has 0 radical (unpaired) electrons. The van der Waals surface area contributed by atoms with Gasteiger partial charge in [0.25, 0.3) is 0 Å². The normalized spacial score (nSPS) is 16.0. The Morgan fingerprint density at radius 1 is 1.08 bits per heavy atom. The van der Waals surface area contributed by atoms with Gasteiger partial charge in [-0.15, -0.1) is 0 Å². The maximum absolute atomic E-state index is 12.7. The summed E-state index contributed by atoms with van der Waals surface area (Å²) < 4.78 is 33.4. The predicted octanol–water partition coefficient (Wildman–Crippen LogP) is 3.32. The van der Waals surface area contributed by atoms with E-state index >= 15 is 0 Å². The van der Waals surface area contributed by atoms with E-state index in [2.05, 4.69) is 4.72 Å². The van der Waals surface area contributed by atoms with Gasteiger partial charge in [-0.2, -0.15) is 0 Å². The quantitative estimate of drug-likeness (QED) is 0.874. The van der Waals surface area contributed by atoms with Crippen LogP contribution in [0.15, 0.2) is 47.4 Å². The summed E-state index contributed by atoms with van der Waals surface area (Å²) in [6.07, 6.45) is 1.99. The fourth-order valence-corrected chi connectivity index (χ4v) is 4.43. The number of ether oxygens (including phenoxy) is 1. The molecule has 24 heavy (non-hydrogen) atoms. The Hall–Kier alpha value is -1.85. The predicted molar refractivity (Wildman–Crippen MR) is 95.0 cm³/mol. The zero-order valence-corrected chi connectivity index (χ0v) is 15.1. The number of nitrogens with one attached hydrogen (secondary N) is 1. The van der Waals surface area contributed by atoms with Crippen molar-refractivity contribution >= 4 is 10.0 Å². The average molecular weight is 345 g/mol. The largest absolute Gasteiger partial charge is 0.497 e. The van der Waals surface area contributed by atoms with Crippen molar-refractivity contribution in [2.75, 3.05) is 13.7 Å².